The molecule has 28 heavy (non-hydrogen) atoms. The van der Waals surface area contributed by atoms with Crippen molar-refractivity contribution < 1.29 is 4.79 Å². The van der Waals surface area contributed by atoms with Crippen molar-refractivity contribution in [3.63, 3.8) is 0 Å². The van der Waals surface area contributed by atoms with E-state index in [1.165, 1.54) is 11.8 Å². The van der Waals surface area contributed by atoms with Gasteiger partial charge in [0.25, 0.3) is 0 Å². The Bertz CT molecular complexity index is 1210. The first-order chi connectivity index (χ1) is 13.7. The number of thioether (sulfide) groups is 1. The van der Waals surface area contributed by atoms with Crippen LogP contribution in [0.4, 0.5) is 5.69 Å². The number of amides is 1. The molecule has 0 atom stereocenters. The van der Waals surface area contributed by atoms with E-state index in [9.17, 15) is 4.79 Å². The van der Waals surface area contributed by atoms with Crippen LogP contribution in [0.1, 0.15) is 0 Å². The largest absolute Gasteiger partial charge is 0.325 e. The number of anilines is 1. The van der Waals surface area contributed by atoms with Crippen molar-refractivity contribution >= 4 is 61.2 Å². The quantitative estimate of drug-likeness (QED) is 0.385. The molecule has 5 aromatic rings. The molecule has 0 aliphatic heterocycles. The van der Waals surface area contributed by atoms with Gasteiger partial charge in [0, 0.05) is 29.0 Å². The van der Waals surface area contributed by atoms with Crippen molar-refractivity contribution in [3.05, 3.63) is 66.3 Å². The van der Waals surface area contributed by atoms with Gasteiger partial charge in [-0.25, -0.2) is 9.97 Å². The molecular weight excluding hydrogens is 408 g/mol. The van der Waals surface area contributed by atoms with Gasteiger partial charge in [0.2, 0.25) is 5.91 Å². The van der Waals surface area contributed by atoms with E-state index in [4.69, 9.17) is 0 Å². The summed E-state index contributed by atoms with van der Waals surface area (Å²) in [7, 11) is 0. The van der Waals surface area contributed by atoms with Crippen LogP contribution >= 0.6 is 34.4 Å². The maximum absolute atomic E-state index is 12.3. The molecule has 0 saturated heterocycles. The van der Waals surface area contributed by atoms with Crippen LogP contribution in [0.25, 0.3) is 26.4 Å². The smallest absolute Gasteiger partial charge is 0.234 e. The van der Waals surface area contributed by atoms with E-state index in [1.54, 1.807) is 22.7 Å². The van der Waals surface area contributed by atoms with Gasteiger partial charge in [0.15, 0.2) is 9.30 Å². The van der Waals surface area contributed by atoms with E-state index in [0.717, 1.165) is 36.5 Å². The molecule has 0 saturated carbocycles. The molecule has 0 aliphatic rings. The van der Waals surface area contributed by atoms with Crippen LogP contribution in [0.15, 0.2) is 70.6 Å². The van der Waals surface area contributed by atoms with Gasteiger partial charge in [0.1, 0.15) is 0 Å². The van der Waals surface area contributed by atoms with Gasteiger partial charge in [-0.15, -0.1) is 22.7 Å². The maximum Gasteiger partial charge on any atom is 0.234 e. The molecule has 0 spiro atoms. The summed E-state index contributed by atoms with van der Waals surface area (Å²) in [5, 5.41) is 4.95. The predicted octanol–water partition coefficient (Wildman–Crippen LogP) is 5.40. The Morgan fingerprint density at radius 2 is 1.96 bits per heavy atom. The number of hydrogen-bond donors (Lipinski definition) is 1. The van der Waals surface area contributed by atoms with Gasteiger partial charge in [-0.1, -0.05) is 36.0 Å². The number of imidazole rings is 1. The Kier molecular flexibility index (Phi) is 4.59. The lowest BCUT2D eigenvalue weighted by Gasteiger charge is -2.05. The van der Waals surface area contributed by atoms with Gasteiger partial charge in [-0.2, -0.15) is 0 Å². The number of fused-ring (bicyclic) bond motifs is 2. The molecule has 3 aromatic heterocycles. The summed E-state index contributed by atoms with van der Waals surface area (Å²) in [6.07, 6.45) is 4.00. The minimum absolute atomic E-state index is 0.0421. The molecule has 1 N–H and O–H groups in total. The van der Waals surface area contributed by atoms with E-state index in [0.29, 0.717) is 5.75 Å². The van der Waals surface area contributed by atoms with Crippen molar-refractivity contribution in [2.45, 2.75) is 4.34 Å². The third kappa shape index (κ3) is 3.54. The van der Waals surface area contributed by atoms with E-state index < -0.39 is 0 Å². The summed E-state index contributed by atoms with van der Waals surface area (Å²) < 4.78 is 4.06. The zero-order valence-electron chi connectivity index (χ0n) is 14.5. The second-order valence-corrected chi connectivity index (χ2v) is 9.21. The Labute approximate surface area is 173 Å². The molecular formula is C20H14N4OS3. The molecule has 3 heterocycles. The number of rotatable bonds is 5. The van der Waals surface area contributed by atoms with Gasteiger partial charge >= 0.3 is 0 Å². The molecule has 5 nitrogen and oxygen atoms in total. The van der Waals surface area contributed by atoms with Crippen LogP contribution in [0, 0.1) is 0 Å². The molecule has 5 rings (SSSR count). The van der Waals surface area contributed by atoms with Crippen molar-refractivity contribution in [1.29, 1.82) is 0 Å². The minimum Gasteiger partial charge on any atom is -0.325 e. The van der Waals surface area contributed by atoms with E-state index in [-0.39, 0.29) is 5.91 Å². The van der Waals surface area contributed by atoms with Crippen LogP contribution in [-0.4, -0.2) is 26.0 Å². The Hall–Kier alpha value is -2.68. The fourth-order valence-electron chi connectivity index (χ4n) is 2.83. The third-order valence-electron chi connectivity index (χ3n) is 4.16. The zero-order chi connectivity index (χ0) is 18.9. The van der Waals surface area contributed by atoms with Gasteiger partial charge in [-0.05, 0) is 24.3 Å². The fourth-order valence-corrected chi connectivity index (χ4v) is 5.40. The Morgan fingerprint density at radius 3 is 2.79 bits per heavy atom. The third-order valence-corrected chi connectivity index (χ3v) is 7.11. The highest BCUT2D eigenvalue weighted by Crippen LogP contribution is 2.29. The number of benzene rings is 2. The minimum atomic E-state index is -0.0421. The molecule has 8 heteroatoms. The Morgan fingerprint density at radius 1 is 1.11 bits per heavy atom. The number of nitrogens with one attached hydrogen (secondary N) is 1. The number of hydrogen-bond acceptors (Lipinski definition) is 6. The SMILES string of the molecule is O=C(CSc1nc2ccccc2s1)Nc1ccc(-c2cn3ccsc3n2)cc1. The van der Waals surface area contributed by atoms with Crippen LogP contribution in [-0.2, 0) is 4.79 Å². The number of carbonyl (C=O) groups is 1. The summed E-state index contributed by atoms with van der Waals surface area (Å²) in [4.78, 5) is 22.4. The maximum atomic E-state index is 12.3. The van der Waals surface area contributed by atoms with Crippen molar-refractivity contribution in [3.8, 4) is 11.3 Å². The first kappa shape index (κ1) is 17.4. The van der Waals surface area contributed by atoms with Crippen LogP contribution in [0.3, 0.4) is 0 Å². The van der Waals surface area contributed by atoms with Gasteiger partial charge < -0.3 is 5.32 Å². The number of thiazole rings is 2. The van der Waals surface area contributed by atoms with Crippen molar-refractivity contribution in [1.82, 2.24) is 14.4 Å². The fraction of sp³-hybridized carbons (Fsp3) is 0.0500. The molecule has 0 radical (unpaired) electrons. The molecule has 1 amide bonds. The summed E-state index contributed by atoms with van der Waals surface area (Å²) >= 11 is 4.68. The standard InChI is InChI=1S/C20H14N4OS3/c25-18(12-27-20-23-15-3-1-2-4-17(15)28-20)21-14-7-5-13(6-8-14)16-11-24-9-10-26-19(24)22-16/h1-11H,12H2,(H,21,25). The van der Waals surface area contributed by atoms with Crippen LogP contribution in [0.2, 0.25) is 0 Å². The second kappa shape index (κ2) is 7.38. The van der Waals surface area contributed by atoms with E-state index in [2.05, 4.69) is 15.3 Å². The monoisotopic (exact) mass is 422 g/mol. The number of para-hydroxylation sites is 1. The lowest BCUT2D eigenvalue weighted by molar-refractivity contribution is -0.113. The average Bonchev–Trinajstić information content (AvgIpc) is 3.41. The highest BCUT2D eigenvalue weighted by atomic mass is 32.2. The zero-order valence-corrected chi connectivity index (χ0v) is 17.0. The van der Waals surface area contributed by atoms with Crippen LogP contribution in [0.5, 0.6) is 0 Å². The average molecular weight is 423 g/mol. The normalized spacial score (nSPS) is 11.3. The first-order valence-corrected chi connectivity index (χ1v) is 11.2. The Balaban J connectivity index is 1.21. The summed E-state index contributed by atoms with van der Waals surface area (Å²) in [6.45, 7) is 0. The number of aromatic nitrogens is 3. The van der Waals surface area contributed by atoms with Gasteiger partial charge in [-0.3, -0.25) is 9.20 Å². The summed E-state index contributed by atoms with van der Waals surface area (Å²) in [6, 6.07) is 15.8. The first-order valence-electron chi connectivity index (χ1n) is 8.55. The van der Waals surface area contributed by atoms with E-state index in [1.807, 2.05) is 70.7 Å². The highest BCUT2D eigenvalue weighted by Gasteiger charge is 2.09. The molecule has 0 bridgehead atoms. The van der Waals surface area contributed by atoms with E-state index >= 15 is 0 Å². The lowest BCUT2D eigenvalue weighted by Crippen LogP contribution is -2.13. The molecule has 0 fully saturated rings. The molecule has 0 aliphatic carbocycles. The number of nitrogens with zero attached hydrogens (tertiary/aromatic N) is 3. The second-order valence-electron chi connectivity index (χ2n) is 6.08. The van der Waals surface area contributed by atoms with Crippen LogP contribution < -0.4 is 5.32 Å². The summed E-state index contributed by atoms with van der Waals surface area (Å²) in [5.41, 5.74) is 3.71. The molecule has 0 unspecified atom stereocenters. The lowest BCUT2D eigenvalue weighted by atomic mass is 10.1. The topological polar surface area (TPSA) is 59.3 Å². The number of carbonyl (C=O) groups excluding carboxylic acids is 1. The highest BCUT2D eigenvalue weighted by molar-refractivity contribution is 8.01. The molecule has 138 valence electrons. The predicted molar refractivity (Wildman–Crippen MR) is 117 cm³/mol. The molecule has 2 aromatic carbocycles. The van der Waals surface area contributed by atoms with Gasteiger partial charge in [0.05, 0.1) is 21.7 Å². The van der Waals surface area contributed by atoms with Crippen molar-refractivity contribution in [2.24, 2.45) is 0 Å². The summed E-state index contributed by atoms with van der Waals surface area (Å²) in [5.74, 6) is 0.290. The van der Waals surface area contributed by atoms with Crippen molar-refractivity contribution in [2.75, 3.05) is 11.1 Å².